The maximum atomic E-state index is 13.0. The molecule has 22 heavy (non-hydrogen) atoms. The number of hydrogen-bond acceptors (Lipinski definition) is 4. The number of likely N-dealkylation sites (tertiary alicyclic amines) is 1. The van der Waals surface area contributed by atoms with Crippen LogP contribution in [0.25, 0.3) is 0 Å². The van der Waals surface area contributed by atoms with Gasteiger partial charge in [0.15, 0.2) is 0 Å². The molecule has 0 bridgehead atoms. The highest BCUT2D eigenvalue weighted by atomic mass is 16.5. The number of carbonyl (C=O) groups excluding carboxylic acids is 1. The predicted octanol–water partition coefficient (Wildman–Crippen LogP) is 2.39. The standard InChI is InChI=1S/C17H25N3O2/c1-13(15-10-18-12-19-11-15)17(21)20-7-3-2-4-16(20)14-5-8-22-9-6-14/h10-14,16H,2-9H2,1H3. The van der Waals surface area contributed by atoms with Crippen LogP contribution in [0.4, 0.5) is 0 Å². The average molecular weight is 303 g/mol. The number of hydrogen-bond donors (Lipinski definition) is 0. The van der Waals surface area contributed by atoms with E-state index in [-0.39, 0.29) is 11.8 Å². The summed E-state index contributed by atoms with van der Waals surface area (Å²) in [5.41, 5.74) is 0.906. The number of carbonyl (C=O) groups is 1. The van der Waals surface area contributed by atoms with Gasteiger partial charge in [0.25, 0.3) is 0 Å². The molecule has 1 aromatic heterocycles. The fourth-order valence-electron chi connectivity index (χ4n) is 3.75. The molecule has 0 radical (unpaired) electrons. The molecule has 0 saturated carbocycles. The van der Waals surface area contributed by atoms with Gasteiger partial charge < -0.3 is 9.64 Å². The molecule has 2 aliphatic rings. The van der Waals surface area contributed by atoms with Crippen molar-refractivity contribution in [3.8, 4) is 0 Å². The Morgan fingerprint density at radius 2 is 1.95 bits per heavy atom. The van der Waals surface area contributed by atoms with Crippen molar-refractivity contribution in [2.24, 2.45) is 5.92 Å². The highest BCUT2D eigenvalue weighted by molar-refractivity contribution is 5.83. The Morgan fingerprint density at radius 3 is 2.68 bits per heavy atom. The normalized spacial score (nSPS) is 25.0. The number of nitrogens with zero attached hydrogens (tertiary/aromatic N) is 3. The summed E-state index contributed by atoms with van der Waals surface area (Å²) in [5.74, 6) is 0.657. The topological polar surface area (TPSA) is 55.3 Å². The zero-order valence-electron chi connectivity index (χ0n) is 13.3. The number of piperidine rings is 1. The third kappa shape index (κ3) is 3.29. The second-order valence-electron chi connectivity index (χ2n) is 6.44. The van der Waals surface area contributed by atoms with Gasteiger partial charge in [0.05, 0.1) is 5.92 Å². The molecule has 5 heteroatoms. The Labute approximate surface area is 132 Å². The minimum atomic E-state index is -0.165. The van der Waals surface area contributed by atoms with Crippen LogP contribution in [-0.4, -0.2) is 46.6 Å². The minimum Gasteiger partial charge on any atom is -0.381 e. The largest absolute Gasteiger partial charge is 0.381 e. The number of rotatable bonds is 3. The first kappa shape index (κ1) is 15.4. The third-order valence-electron chi connectivity index (χ3n) is 5.09. The molecule has 120 valence electrons. The van der Waals surface area contributed by atoms with E-state index in [9.17, 15) is 4.79 Å². The van der Waals surface area contributed by atoms with Gasteiger partial charge in [-0.3, -0.25) is 4.79 Å². The minimum absolute atomic E-state index is 0.165. The summed E-state index contributed by atoms with van der Waals surface area (Å²) < 4.78 is 5.48. The molecule has 2 fully saturated rings. The van der Waals surface area contributed by atoms with E-state index in [0.717, 1.165) is 51.0 Å². The second kappa shape index (κ2) is 7.18. The molecule has 2 aliphatic heterocycles. The maximum Gasteiger partial charge on any atom is 0.230 e. The molecule has 2 atom stereocenters. The van der Waals surface area contributed by atoms with Gasteiger partial charge in [0.2, 0.25) is 5.91 Å². The van der Waals surface area contributed by atoms with Gasteiger partial charge >= 0.3 is 0 Å². The summed E-state index contributed by atoms with van der Waals surface area (Å²) >= 11 is 0. The lowest BCUT2D eigenvalue weighted by molar-refractivity contribution is -0.138. The first-order valence-electron chi connectivity index (χ1n) is 8.40. The van der Waals surface area contributed by atoms with Crippen LogP contribution in [0.15, 0.2) is 18.7 Å². The van der Waals surface area contributed by atoms with Gasteiger partial charge in [-0.05, 0) is 44.9 Å². The highest BCUT2D eigenvalue weighted by Crippen LogP contribution is 2.32. The van der Waals surface area contributed by atoms with E-state index in [0.29, 0.717) is 12.0 Å². The quantitative estimate of drug-likeness (QED) is 0.860. The summed E-state index contributed by atoms with van der Waals surface area (Å²) in [5, 5.41) is 0. The lowest BCUT2D eigenvalue weighted by Gasteiger charge is -2.42. The molecule has 3 heterocycles. The lowest BCUT2D eigenvalue weighted by Crippen LogP contribution is -2.50. The third-order valence-corrected chi connectivity index (χ3v) is 5.09. The maximum absolute atomic E-state index is 13.0. The van der Waals surface area contributed by atoms with E-state index in [2.05, 4.69) is 14.9 Å². The summed E-state index contributed by atoms with van der Waals surface area (Å²) in [6.45, 7) is 4.53. The Balaban J connectivity index is 1.73. The number of amides is 1. The predicted molar refractivity (Wildman–Crippen MR) is 83.3 cm³/mol. The van der Waals surface area contributed by atoms with Gasteiger partial charge in [-0.15, -0.1) is 0 Å². The van der Waals surface area contributed by atoms with Crippen LogP contribution in [0.5, 0.6) is 0 Å². The first-order chi connectivity index (χ1) is 10.8. The van der Waals surface area contributed by atoms with E-state index in [1.165, 1.54) is 12.7 Å². The van der Waals surface area contributed by atoms with E-state index < -0.39 is 0 Å². The Morgan fingerprint density at radius 1 is 1.23 bits per heavy atom. The SMILES string of the molecule is CC(C(=O)N1CCCCC1C1CCOCC1)c1cncnc1. The monoisotopic (exact) mass is 303 g/mol. The molecule has 0 aromatic carbocycles. The van der Waals surface area contributed by atoms with Crippen molar-refractivity contribution in [3.05, 3.63) is 24.3 Å². The van der Waals surface area contributed by atoms with E-state index in [1.807, 2.05) is 6.92 Å². The summed E-state index contributed by atoms with van der Waals surface area (Å²) in [6.07, 6.45) is 10.7. The van der Waals surface area contributed by atoms with Crippen molar-refractivity contribution in [1.82, 2.24) is 14.9 Å². The van der Waals surface area contributed by atoms with Crippen molar-refractivity contribution in [2.45, 2.75) is 51.0 Å². The smallest absolute Gasteiger partial charge is 0.230 e. The van der Waals surface area contributed by atoms with Crippen LogP contribution in [0.2, 0.25) is 0 Å². The molecule has 0 N–H and O–H groups in total. The van der Waals surface area contributed by atoms with Gasteiger partial charge in [0, 0.05) is 43.8 Å². The van der Waals surface area contributed by atoms with Crippen LogP contribution in [0, 0.1) is 5.92 Å². The van der Waals surface area contributed by atoms with Crippen molar-refractivity contribution in [1.29, 1.82) is 0 Å². The van der Waals surface area contributed by atoms with Gasteiger partial charge in [-0.1, -0.05) is 0 Å². The molecule has 2 saturated heterocycles. The van der Waals surface area contributed by atoms with E-state index in [1.54, 1.807) is 12.4 Å². The van der Waals surface area contributed by atoms with E-state index >= 15 is 0 Å². The molecule has 1 aromatic rings. The fourth-order valence-corrected chi connectivity index (χ4v) is 3.75. The molecule has 3 rings (SSSR count). The van der Waals surface area contributed by atoms with Crippen LogP contribution in [0.1, 0.15) is 50.5 Å². The van der Waals surface area contributed by atoms with Crippen molar-refractivity contribution in [2.75, 3.05) is 19.8 Å². The fraction of sp³-hybridized carbons (Fsp3) is 0.706. The van der Waals surface area contributed by atoms with Gasteiger partial charge in [-0.25, -0.2) is 9.97 Å². The second-order valence-corrected chi connectivity index (χ2v) is 6.44. The van der Waals surface area contributed by atoms with Crippen molar-refractivity contribution >= 4 is 5.91 Å². The Kier molecular flexibility index (Phi) is 5.03. The molecule has 0 spiro atoms. The Hall–Kier alpha value is -1.49. The molecule has 0 aliphatic carbocycles. The van der Waals surface area contributed by atoms with E-state index in [4.69, 9.17) is 4.74 Å². The van der Waals surface area contributed by atoms with Crippen molar-refractivity contribution < 1.29 is 9.53 Å². The number of aromatic nitrogens is 2. The summed E-state index contributed by atoms with van der Waals surface area (Å²) in [6, 6.07) is 0.386. The van der Waals surface area contributed by atoms with Crippen LogP contribution < -0.4 is 0 Å². The number of ether oxygens (including phenoxy) is 1. The molecular formula is C17H25N3O2. The van der Waals surface area contributed by atoms with Crippen molar-refractivity contribution in [3.63, 3.8) is 0 Å². The van der Waals surface area contributed by atoms with Gasteiger partial charge in [0.1, 0.15) is 6.33 Å². The highest BCUT2D eigenvalue weighted by Gasteiger charge is 2.35. The molecular weight excluding hydrogens is 278 g/mol. The average Bonchev–Trinajstić information content (AvgIpc) is 2.62. The molecule has 5 nitrogen and oxygen atoms in total. The first-order valence-corrected chi connectivity index (χ1v) is 8.40. The summed E-state index contributed by atoms with van der Waals surface area (Å²) in [7, 11) is 0. The zero-order chi connectivity index (χ0) is 15.4. The van der Waals surface area contributed by atoms with Crippen LogP contribution in [0.3, 0.4) is 0 Å². The van der Waals surface area contributed by atoms with Crippen LogP contribution in [-0.2, 0) is 9.53 Å². The van der Waals surface area contributed by atoms with Gasteiger partial charge in [-0.2, -0.15) is 0 Å². The zero-order valence-corrected chi connectivity index (χ0v) is 13.3. The van der Waals surface area contributed by atoms with Crippen LogP contribution >= 0.6 is 0 Å². The lowest BCUT2D eigenvalue weighted by atomic mass is 9.84. The Bertz CT molecular complexity index is 488. The molecule has 2 unspecified atom stereocenters. The molecule has 1 amide bonds. The summed E-state index contributed by atoms with van der Waals surface area (Å²) in [4.78, 5) is 23.2.